The predicted octanol–water partition coefficient (Wildman–Crippen LogP) is 1.77. The third kappa shape index (κ3) is 5.72. The van der Waals surface area contributed by atoms with Crippen LogP contribution in [0.15, 0.2) is 29.2 Å². The van der Waals surface area contributed by atoms with E-state index in [2.05, 4.69) is 10.6 Å². The largest absolute Gasteiger partial charge is 0.508 e. The summed E-state index contributed by atoms with van der Waals surface area (Å²) in [6, 6.07) is 7.16. The van der Waals surface area contributed by atoms with Gasteiger partial charge < -0.3 is 15.7 Å². The van der Waals surface area contributed by atoms with Crippen LogP contribution in [0.25, 0.3) is 0 Å². The number of nitrogens with one attached hydrogen (secondary N) is 2. The molecule has 19 heavy (non-hydrogen) atoms. The van der Waals surface area contributed by atoms with E-state index in [1.165, 1.54) is 11.8 Å². The van der Waals surface area contributed by atoms with Gasteiger partial charge in [-0.15, -0.1) is 24.2 Å². The van der Waals surface area contributed by atoms with Crippen molar-refractivity contribution in [3.8, 4) is 5.75 Å². The maximum atomic E-state index is 11.7. The number of phenolic OH excluding ortho intramolecular Hbond substituents is 1. The Balaban J connectivity index is 0.00000180. The van der Waals surface area contributed by atoms with Gasteiger partial charge in [-0.25, -0.2) is 0 Å². The van der Waals surface area contributed by atoms with Crippen molar-refractivity contribution in [2.45, 2.75) is 23.8 Å². The van der Waals surface area contributed by atoms with Crippen LogP contribution in [-0.4, -0.2) is 35.9 Å². The van der Waals surface area contributed by atoms with Crippen LogP contribution in [0, 0.1) is 0 Å². The maximum absolute atomic E-state index is 11.7. The zero-order valence-corrected chi connectivity index (χ0v) is 12.2. The minimum atomic E-state index is 0. The molecule has 1 unspecified atom stereocenters. The zero-order valence-electron chi connectivity index (χ0n) is 10.6. The molecule has 1 atom stereocenters. The van der Waals surface area contributed by atoms with Crippen molar-refractivity contribution in [1.82, 2.24) is 10.6 Å². The summed E-state index contributed by atoms with van der Waals surface area (Å²) in [6.07, 6.45) is 2.18. The van der Waals surface area contributed by atoms with E-state index in [0.717, 1.165) is 30.8 Å². The Morgan fingerprint density at radius 3 is 2.79 bits per heavy atom. The molecule has 0 aliphatic carbocycles. The highest BCUT2D eigenvalue weighted by molar-refractivity contribution is 8.00. The number of aromatic hydroxyl groups is 1. The van der Waals surface area contributed by atoms with E-state index in [9.17, 15) is 4.79 Å². The quantitative estimate of drug-likeness (QED) is 0.742. The van der Waals surface area contributed by atoms with E-state index >= 15 is 0 Å². The second-order valence-corrected chi connectivity index (χ2v) is 5.44. The summed E-state index contributed by atoms with van der Waals surface area (Å²) in [5.41, 5.74) is 0. The highest BCUT2D eigenvalue weighted by Crippen LogP contribution is 2.20. The van der Waals surface area contributed by atoms with Gasteiger partial charge in [-0.2, -0.15) is 0 Å². The molecule has 0 spiro atoms. The molecule has 106 valence electrons. The average Bonchev–Trinajstić information content (AvgIpc) is 2.39. The molecule has 0 saturated carbocycles. The van der Waals surface area contributed by atoms with Crippen molar-refractivity contribution in [2.24, 2.45) is 0 Å². The number of carbonyl (C=O) groups is 1. The van der Waals surface area contributed by atoms with Crippen molar-refractivity contribution in [3.05, 3.63) is 24.3 Å². The first-order chi connectivity index (χ1) is 8.74. The molecule has 1 aliphatic rings. The fraction of sp³-hybridized carbons (Fsp3) is 0.462. The number of halogens is 1. The monoisotopic (exact) mass is 302 g/mol. The molecule has 0 aromatic heterocycles. The summed E-state index contributed by atoms with van der Waals surface area (Å²) in [5.74, 6) is 0.736. The topological polar surface area (TPSA) is 61.4 Å². The fourth-order valence-corrected chi connectivity index (χ4v) is 2.65. The average molecular weight is 303 g/mol. The van der Waals surface area contributed by atoms with Gasteiger partial charge in [-0.3, -0.25) is 4.79 Å². The van der Waals surface area contributed by atoms with Gasteiger partial charge in [0.2, 0.25) is 5.91 Å². The molecular weight excluding hydrogens is 284 g/mol. The lowest BCUT2D eigenvalue weighted by atomic mass is 10.1. The van der Waals surface area contributed by atoms with E-state index in [4.69, 9.17) is 5.11 Å². The normalized spacial score (nSPS) is 18.4. The first kappa shape index (κ1) is 16.1. The van der Waals surface area contributed by atoms with Gasteiger partial charge >= 0.3 is 0 Å². The van der Waals surface area contributed by atoms with Crippen molar-refractivity contribution in [2.75, 3.05) is 18.8 Å². The first-order valence-corrected chi connectivity index (χ1v) is 7.14. The summed E-state index contributed by atoms with van der Waals surface area (Å²) >= 11 is 1.48. The smallest absolute Gasteiger partial charge is 0.230 e. The predicted molar refractivity (Wildman–Crippen MR) is 80.1 cm³/mol. The molecule has 1 saturated heterocycles. The van der Waals surface area contributed by atoms with Crippen LogP contribution < -0.4 is 10.6 Å². The highest BCUT2D eigenvalue weighted by atomic mass is 35.5. The Morgan fingerprint density at radius 2 is 2.16 bits per heavy atom. The molecule has 1 heterocycles. The second-order valence-electron chi connectivity index (χ2n) is 4.39. The molecule has 0 bridgehead atoms. The number of rotatable bonds is 4. The Morgan fingerprint density at radius 1 is 1.42 bits per heavy atom. The number of hydrogen-bond acceptors (Lipinski definition) is 4. The van der Waals surface area contributed by atoms with Crippen molar-refractivity contribution in [3.63, 3.8) is 0 Å². The molecule has 1 fully saturated rings. The molecule has 0 radical (unpaired) electrons. The van der Waals surface area contributed by atoms with Crippen LogP contribution in [0.4, 0.5) is 0 Å². The lowest BCUT2D eigenvalue weighted by Gasteiger charge is -2.23. The third-order valence-electron chi connectivity index (χ3n) is 2.87. The summed E-state index contributed by atoms with van der Waals surface area (Å²) in [7, 11) is 0. The Bertz CT molecular complexity index is 394. The van der Waals surface area contributed by atoms with E-state index in [-0.39, 0.29) is 30.1 Å². The minimum absolute atomic E-state index is 0. The minimum Gasteiger partial charge on any atom is -0.508 e. The van der Waals surface area contributed by atoms with Crippen molar-refractivity contribution >= 4 is 30.1 Å². The molecule has 3 N–H and O–H groups in total. The third-order valence-corrected chi connectivity index (χ3v) is 3.88. The number of piperidine rings is 1. The molecule has 1 aliphatic heterocycles. The van der Waals surface area contributed by atoms with Gasteiger partial charge in [0.1, 0.15) is 5.75 Å². The van der Waals surface area contributed by atoms with E-state index in [1.807, 2.05) is 12.1 Å². The van der Waals surface area contributed by atoms with Gasteiger partial charge in [-0.05, 0) is 43.7 Å². The highest BCUT2D eigenvalue weighted by Gasteiger charge is 2.15. The van der Waals surface area contributed by atoms with E-state index in [0.29, 0.717) is 5.75 Å². The number of phenols is 1. The number of benzene rings is 1. The maximum Gasteiger partial charge on any atom is 0.230 e. The summed E-state index contributed by atoms with van der Waals surface area (Å²) < 4.78 is 0. The van der Waals surface area contributed by atoms with Crippen LogP contribution in [0.5, 0.6) is 5.75 Å². The molecule has 1 aromatic carbocycles. The standard InChI is InChI=1S/C13H18N2O2S.ClH/c16-11-3-5-12(6-4-11)18-9-13(17)15-10-2-1-7-14-8-10;/h3-6,10,14,16H,1-2,7-9H2,(H,15,17);1H. The Labute approximate surface area is 123 Å². The zero-order chi connectivity index (χ0) is 12.8. The molecule has 2 rings (SSSR count). The van der Waals surface area contributed by atoms with Gasteiger partial charge in [-0.1, -0.05) is 0 Å². The van der Waals surface area contributed by atoms with Crippen LogP contribution in [0.2, 0.25) is 0 Å². The molecule has 1 amide bonds. The van der Waals surface area contributed by atoms with Crippen LogP contribution in [0.1, 0.15) is 12.8 Å². The Kier molecular flexibility index (Phi) is 7.05. The van der Waals surface area contributed by atoms with Crippen LogP contribution in [0.3, 0.4) is 0 Å². The second kappa shape index (κ2) is 8.30. The SMILES string of the molecule is Cl.O=C(CSc1ccc(O)cc1)NC1CCCNC1. The first-order valence-electron chi connectivity index (χ1n) is 6.16. The van der Waals surface area contributed by atoms with Crippen molar-refractivity contribution < 1.29 is 9.90 Å². The lowest BCUT2D eigenvalue weighted by Crippen LogP contribution is -2.46. The van der Waals surface area contributed by atoms with E-state index in [1.54, 1.807) is 12.1 Å². The van der Waals surface area contributed by atoms with Gasteiger partial charge in [0.25, 0.3) is 0 Å². The number of amides is 1. The molecule has 6 heteroatoms. The molecular formula is C13H19ClN2O2S. The summed E-state index contributed by atoms with van der Waals surface area (Å²) in [6.45, 7) is 1.92. The number of hydrogen-bond donors (Lipinski definition) is 3. The fourth-order valence-electron chi connectivity index (χ4n) is 1.94. The Hall–Kier alpha value is -0.910. The summed E-state index contributed by atoms with van der Waals surface area (Å²) in [5, 5.41) is 15.5. The summed E-state index contributed by atoms with van der Waals surface area (Å²) in [4.78, 5) is 12.7. The van der Waals surface area contributed by atoms with E-state index < -0.39 is 0 Å². The van der Waals surface area contributed by atoms with Gasteiger partial charge in [0, 0.05) is 17.5 Å². The number of carbonyl (C=O) groups excluding carboxylic acids is 1. The van der Waals surface area contributed by atoms with Gasteiger partial charge in [0.15, 0.2) is 0 Å². The molecule has 1 aromatic rings. The van der Waals surface area contributed by atoms with Crippen molar-refractivity contribution in [1.29, 1.82) is 0 Å². The molecule has 4 nitrogen and oxygen atoms in total. The van der Waals surface area contributed by atoms with Crippen LogP contribution >= 0.6 is 24.2 Å². The lowest BCUT2D eigenvalue weighted by molar-refractivity contribution is -0.119. The number of thioether (sulfide) groups is 1. The van der Waals surface area contributed by atoms with Gasteiger partial charge in [0.05, 0.1) is 5.75 Å². The van der Waals surface area contributed by atoms with Crippen LogP contribution in [-0.2, 0) is 4.79 Å².